The minimum Gasteiger partial charge on any atom is -0.486 e. The van der Waals surface area contributed by atoms with E-state index in [0.717, 1.165) is 42.7 Å². The molecule has 0 radical (unpaired) electrons. The van der Waals surface area contributed by atoms with Gasteiger partial charge in [-0.2, -0.15) is 0 Å². The Morgan fingerprint density at radius 2 is 1.88 bits per heavy atom. The Balaban J connectivity index is 1.62. The molecule has 2 aliphatic rings. The summed E-state index contributed by atoms with van der Waals surface area (Å²) >= 11 is 0. The molecule has 0 spiro atoms. The standard InChI is InChI=1S/C19H22N2O4/c20-11-15-9-13(12-25-15)18(22)21-19(5-1-2-6-19)14-3-4-16-17(10-14)24-8-7-23-16/h3-4,9-10,12H,1-2,5-8,11,20H2,(H,21,22). The molecule has 1 amide bonds. The zero-order chi connectivity index (χ0) is 17.3. The summed E-state index contributed by atoms with van der Waals surface area (Å²) in [6, 6.07) is 7.66. The molecule has 2 aromatic rings. The van der Waals surface area contributed by atoms with Crippen molar-refractivity contribution in [2.45, 2.75) is 37.8 Å². The van der Waals surface area contributed by atoms with Crippen molar-refractivity contribution >= 4 is 5.91 Å². The Morgan fingerprint density at radius 1 is 1.12 bits per heavy atom. The third-order valence-corrected chi connectivity index (χ3v) is 5.02. The van der Waals surface area contributed by atoms with E-state index in [-0.39, 0.29) is 18.0 Å². The minimum atomic E-state index is -0.382. The van der Waals surface area contributed by atoms with Crippen molar-refractivity contribution in [2.24, 2.45) is 5.73 Å². The van der Waals surface area contributed by atoms with Crippen LogP contribution < -0.4 is 20.5 Å². The Bertz CT molecular complexity index is 777. The number of nitrogens with one attached hydrogen (secondary N) is 1. The van der Waals surface area contributed by atoms with Gasteiger partial charge in [-0.1, -0.05) is 18.9 Å². The summed E-state index contributed by atoms with van der Waals surface area (Å²) in [5.41, 5.74) is 6.74. The van der Waals surface area contributed by atoms with Crippen molar-refractivity contribution in [3.05, 3.63) is 47.4 Å². The summed E-state index contributed by atoms with van der Waals surface area (Å²) < 4.78 is 16.6. The van der Waals surface area contributed by atoms with Gasteiger partial charge in [-0.15, -0.1) is 0 Å². The molecule has 1 aromatic heterocycles. The van der Waals surface area contributed by atoms with Gasteiger partial charge in [0.1, 0.15) is 25.2 Å². The van der Waals surface area contributed by atoms with Gasteiger partial charge in [-0.25, -0.2) is 0 Å². The number of fused-ring (bicyclic) bond motifs is 1. The lowest BCUT2D eigenvalue weighted by molar-refractivity contribution is 0.0897. The van der Waals surface area contributed by atoms with Crippen molar-refractivity contribution < 1.29 is 18.7 Å². The lowest BCUT2D eigenvalue weighted by atomic mass is 9.87. The van der Waals surface area contributed by atoms with Gasteiger partial charge in [0.25, 0.3) is 5.91 Å². The van der Waals surface area contributed by atoms with Crippen molar-refractivity contribution in [2.75, 3.05) is 13.2 Å². The Kier molecular flexibility index (Phi) is 4.13. The van der Waals surface area contributed by atoms with Crippen LogP contribution in [0.5, 0.6) is 11.5 Å². The Labute approximate surface area is 146 Å². The number of rotatable bonds is 4. The average Bonchev–Trinajstić information content (AvgIpc) is 3.31. The Hall–Kier alpha value is -2.47. The number of hydrogen-bond acceptors (Lipinski definition) is 5. The second-order valence-corrected chi connectivity index (χ2v) is 6.61. The quantitative estimate of drug-likeness (QED) is 0.892. The molecule has 0 saturated heterocycles. The van der Waals surface area contributed by atoms with Gasteiger partial charge in [0.2, 0.25) is 0 Å². The van der Waals surface area contributed by atoms with Crippen molar-refractivity contribution in [1.82, 2.24) is 5.32 Å². The zero-order valence-corrected chi connectivity index (χ0v) is 14.0. The molecule has 1 fully saturated rings. The van der Waals surface area contributed by atoms with E-state index in [1.807, 2.05) is 18.2 Å². The predicted octanol–water partition coefficient (Wildman–Crippen LogP) is 2.71. The first-order chi connectivity index (χ1) is 12.2. The van der Waals surface area contributed by atoms with E-state index in [9.17, 15) is 4.79 Å². The first kappa shape index (κ1) is 16.0. The molecule has 1 aliphatic heterocycles. The molecule has 2 heterocycles. The summed E-state index contributed by atoms with van der Waals surface area (Å²) in [6.07, 6.45) is 5.42. The van der Waals surface area contributed by atoms with Gasteiger partial charge in [0.15, 0.2) is 11.5 Å². The van der Waals surface area contributed by atoms with Crippen LogP contribution in [0.2, 0.25) is 0 Å². The maximum absolute atomic E-state index is 12.7. The zero-order valence-electron chi connectivity index (χ0n) is 14.0. The van der Waals surface area contributed by atoms with Crippen LogP contribution >= 0.6 is 0 Å². The van der Waals surface area contributed by atoms with Crippen LogP contribution in [0, 0.1) is 0 Å². The minimum absolute atomic E-state index is 0.139. The molecule has 0 bridgehead atoms. The van der Waals surface area contributed by atoms with E-state index in [1.54, 1.807) is 6.07 Å². The van der Waals surface area contributed by atoms with Gasteiger partial charge in [0, 0.05) is 0 Å². The van der Waals surface area contributed by atoms with Gasteiger partial charge in [-0.05, 0) is 36.6 Å². The molecule has 6 nitrogen and oxygen atoms in total. The molecular weight excluding hydrogens is 320 g/mol. The van der Waals surface area contributed by atoms with Crippen LogP contribution in [0.15, 0.2) is 34.9 Å². The highest BCUT2D eigenvalue weighted by Gasteiger charge is 2.38. The van der Waals surface area contributed by atoms with Crippen LogP contribution in [0.3, 0.4) is 0 Å². The highest BCUT2D eigenvalue weighted by molar-refractivity contribution is 5.94. The Morgan fingerprint density at radius 3 is 2.60 bits per heavy atom. The SMILES string of the molecule is NCc1cc(C(=O)NC2(c3ccc4c(c3)OCCO4)CCCC2)co1. The van der Waals surface area contributed by atoms with E-state index in [0.29, 0.717) is 24.5 Å². The fraction of sp³-hybridized carbons (Fsp3) is 0.421. The number of furan rings is 1. The van der Waals surface area contributed by atoms with Gasteiger partial charge >= 0.3 is 0 Å². The van der Waals surface area contributed by atoms with E-state index in [1.165, 1.54) is 6.26 Å². The molecule has 132 valence electrons. The highest BCUT2D eigenvalue weighted by Crippen LogP contribution is 2.42. The fourth-order valence-electron chi connectivity index (χ4n) is 3.70. The monoisotopic (exact) mass is 342 g/mol. The maximum Gasteiger partial charge on any atom is 0.255 e. The van der Waals surface area contributed by atoms with E-state index >= 15 is 0 Å². The van der Waals surface area contributed by atoms with Crippen LogP contribution in [0.25, 0.3) is 0 Å². The molecule has 6 heteroatoms. The molecule has 1 aliphatic carbocycles. The largest absolute Gasteiger partial charge is 0.486 e. The van der Waals surface area contributed by atoms with Gasteiger partial charge in [0.05, 0.1) is 17.6 Å². The molecule has 0 unspecified atom stereocenters. The lowest BCUT2D eigenvalue weighted by Crippen LogP contribution is -2.43. The van der Waals surface area contributed by atoms with Crippen LogP contribution in [-0.4, -0.2) is 19.1 Å². The molecule has 1 saturated carbocycles. The molecular formula is C19H22N2O4. The normalized spacial score (nSPS) is 18.1. The topological polar surface area (TPSA) is 86.7 Å². The number of benzene rings is 1. The van der Waals surface area contributed by atoms with Gasteiger partial charge in [-0.3, -0.25) is 4.79 Å². The summed E-state index contributed by atoms with van der Waals surface area (Å²) in [6.45, 7) is 1.39. The van der Waals surface area contributed by atoms with Crippen LogP contribution in [0.1, 0.15) is 47.4 Å². The summed E-state index contributed by atoms with van der Waals surface area (Å²) in [4.78, 5) is 12.7. The molecule has 4 rings (SSSR count). The number of nitrogens with two attached hydrogens (primary N) is 1. The number of amides is 1. The smallest absolute Gasteiger partial charge is 0.255 e. The summed E-state index contributed by atoms with van der Waals surface area (Å²) in [5, 5.41) is 3.23. The van der Waals surface area contributed by atoms with Crippen LogP contribution in [-0.2, 0) is 12.1 Å². The molecule has 3 N–H and O–H groups in total. The second-order valence-electron chi connectivity index (χ2n) is 6.61. The van der Waals surface area contributed by atoms with Gasteiger partial charge < -0.3 is 24.9 Å². The summed E-state index contributed by atoms with van der Waals surface area (Å²) in [7, 11) is 0. The third-order valence-electron chi connectivity index (χ3n) is 5.02. The van der Waals surface area contributed by atoms with Crippen molar-refractivity contribution in [3.8, 4) is 11.5 Å². The first-order valence-corrected chi connectivity index (χ1v) is 8.70. The number of ether oxygens (including phenoxy) is 2. The molecule has 25 heavy (non-hydrogen) atoms. The molecule has 1 aromatic carbocycles. The van der Waals surface area contributed by atoms with Crippen LogP contribution in [0.4, 0.5) is 0 Å². The number of carbonyl (C=O) groups excluding carboxylic acids is 1. The van der Waals surface area contributed by atoms with E-state index in [4.69, 9.17) is 19.6 Å². The molecule has 0 atom stereocenters. The lowest BCUT2D eigenvalue weighted by Gasteiger charge is -2.32. The van der Waals surface area contributed by atoms with E-state index < -0.39 is 0 Å². The first-order valence-electron chi connectivity index (χ1n) is 8.70. The number of hydrogen-bond donors (Lipinski definition) is 2. The highest BCUT2D eigenvalue weighted by atomic mass is 16.6. The van der Waals surface area contributed by atoms with Crippen molar-refractivity contribution in [3.63, 3.8) is 0 Å². The summed E-state index contributed by atoms with van der Waals surface area (Å²) in [5.74, 6) is 1.97. The predicted molar refractivity (Wildman–Crippen MR) is 91.6 cm³/mol. The second kappa shape index (κ2) is 6.44. The van der Waals surface area contributed by atoms with Crippen molar-refractivity contribution in [1.29, 1.82) is 0 Å². The average molecular weight is 342 g/mol. The fourth-order valence-corrected chi connectivity index (χ4v) is 3.70. The third kappa shape index (κ3) is 2.98. The van der Waals surface area contributed by atoms with E-state index in [2.05, 4.69) is 5.32 Å². The maximum atomic E-state index is 12.7. The number of carbonyl (C=O) groups is 1.